The normalized spacial score (nSPS) is 10.7. The summed E-state index contributed by atoms with van der Waals surface area (Å²) in [7, 11) is 0. The first kappa shape index (κ1) is 18.4. The quantitative estimate of drug-likeness (QED) is 0.379. The Hall–Kier alpha value is -1.58. The van der Waals surface area contributed by atoms with Crippen molar-refractivity contribution in [3.63, 3.8) is 0 Å². The second-order valence-corrected chi connectivity index (χ2v) is 4.96. The molecule has 0 bridgehead atoms. The molecule has 0 aliphatic heterocycles. The highest BCUT2D eigenvalue weighted by molar-refractivity contribution is 5.92. The van der Waals surface area contributed by atoms with Crippen LogP contribution >= 0.6 is 0 Å². The molecule has 0 heterocycles. The lowest BCUT2D eigenvalue weighted by Crippen LogP contribution is -2.26. The molecule has 0 aliphatic carbocycles. The van der Waals surface area contributed by atoms with Crippen LogP contribution in [0.4, 0.5) is 0 Å². The molecule has 0 radical (unpaired) electrons. The Bertz CT molecular complexity index is 340. The molecule has 1 amide bonds. The third-order valence-corrected chi connectivity index (χ3v) is 1.91. The van der Waals surface area contributed by atoms with Crippen LogP contribution in [-0.4, -0.2) is 50.4 Å². The maximum Gasteiger partial charge on any atom is 0.308 e. The summed E-state index contributed by atoms with van der Waals surface area (Å²) >= 11 is 0. The molecular weight excluding hydrogens is 262 g/mol. The largest absolute Gasteiger partial charge is 0.460 e. The van der Waals surface area contributed by atoms with Gasteiger partial charge >= 0.3 is 5.97 Å². The van der Waals surface area contributed by atoms with Crippen molar-refractivity contribution < 1.29 is 23.8 Å². The summed E-state index contributed by atoms with van der Waals surface area (Å²) < 4.78 is 15.5. The minimum absolute atomic E-state index is 0.218. The predicted octanol–water partition coefficient (Wildman–Crippen LogP) is 0.501. The molecule has 0 saturated heterocycles. The number of amides is 1. The van der Waals surface area contributed by atoms with E-state index in [1.54, 1.807) is 0 Å². The van der Waals surface area contributed by atoms with Crippen LogP contribution < -0.4 is 5.32 Å². The fraction of sp³-hybridized carbons (Fsp3) is 0.714. The van der Waals surface area contributed by atoms with Crippen molar-refractivity contribution >= 4 is 11.9 Å². The molecule has 0 aliphatic rings. The lowest BCUT2D eigenvalue weighted by atomic mass is 10.2. The van der Waals surface area contributed by atoms with Crippen LogP contribution in [0.15, 0.2) is 0 Å². The molecule has 0 fully saturated rings. The zero-order valence-electron chi connectivity index (χ0n) is 12.4. The zero-order valence-corrected chi connectivity index (χ0v) is 12.4. The van der Waals surface area contributed by atoms with Gasteiger partial charge in [-0.3, -0.25) is 9.59 Å². The summed E-state index contributed by atoms with van der Waals surface area (Å²) in [5, 5.41) is 2.47. The third kappa shape index (κ3) is 12.9. The smallest absolute Gasteiger partial charge is 0.308 e. The minimum Gasteiger partial charge on any atom is -0.460 e. The van der Waals surface area contributed by atoms with Gasteiger partial charge in [0.25, 0.3) is 5.91 Å². The number of nitrogens with one attached hydrogen (secondary N) is 1. The summed E-state index contributed by atoms with van der Waals surface area (Å²) in [5.74, 6) is 1.20. The molecule has 0 aromatic rings. The molecule has 0 spiro atoms. The van der Waals surface area contributed by atoms with E-state index in [-0.39, 0.29) is 12.4 Å². The van der Waals surface area contributed by atoms with E-state index < -0.39 is 11.5 Å². The van der Waals surface area contributed by atoms with Gasteiger partial charge in [0.05, 0.1) is 32.8 Å². The Morgan fingerprint density at radius 2 is 1.70 bits per heavy atom. The molecule has 114 valence electrons. The van der Waals surface area contributed by atoms with Crippen molar-refractivity contribution in [2.75, 3.05) is 33.0 Å². The van der Waals surface area contributed by atoms with E-state index >= 15 is 0 Å². The summed E-state index contributed by atoms with van der Waals surface area (Å²) in [5.41, 5.74) is -0.469. The lowest BCUT2D eigenvalue weighted by molar-refractivity contribution is -0.156. The molecule has 0 aromatic heterocycles. The van der Waals surface area contributed by atoms with Crippen LogP contribution in [0.25, 0.3) is 0 Å². The van der Waals surface area contributed by atoms with Gasteiger partial charge in [-0.2, -0.15) is 0 Å². The molecule has 6 heteroatoms. The lowest BCUT2D eigenvalue weighted by Gasteiger charge is -2.19. The summed E-state index contributed by atoms with van der Waals surface area (Å²) in [4.78, 5) is 22.0. The van der Waals surface area contributed by atoms with Crippen LogP contribution in [0, 0.1) is 12.3 Å². The average Bonchev–Trinajstić information content (AvgIpc) is 2.34. The maximum atomic E-state index is 11.3. The summed E-state index contributed by atoms with van der Waals surface area (Å²) in [6, 6.07) is 0. The molecule has 0 aromatic carbocycles. The van der Waals surface area contributed by atoms with Crippen molar-refractivity contribution in [1.82, 2.24) is 5.32 Å². The molecule has 0 unspecified atom stereocenters. The van der Waals surface area contributed by atoms with Crippen molar-refractivity contribution in [2.24, 2.45) is 0 Å². The van der Waals surface area contributed by atoms with Gasteiger partial charge in [-0.25, -0.2) is 0 Å². The Morgan fingerprint density at radius 3 is 2.25 bits per heavy atom. The van der Waals surface area contributed by atoms with Gasteiger partial charge in [-0.15, -0.1) is 6.42 Å². The van der Waals surface area contributed by atoms with Crippen LogP contribution in [0.5, 0.6) is 0 Å². The van der Waals surface area contributed by atoms with Gasteiger partial charge in [0, 0.05) is 6.54 Å². The minimum atomic E-state index is -0.469. The second kappa shape index (κ2) is 10.2. The number of carbonyl (C=O) groups excluding carboxylic acids is 2. The highest BCUT2D eigenvalue weighted by Crippen LogP contribution is 2.07. The highest BCUT2D eigenvalue weighted by atomic mass is 16.6. The van der Waals surface area contributed by atoms with Crippen LogP contribution in [0.1, 0.15) is 27.2 Å². The van der Waals surface area contributed by atoms with E-state index in [0.29, 0.717) is 33.0 Å². The van der Waals surface area contributed by atoms with Crippen molar-refractivity contribution in [1.29, 1.82) is 0 Å². The number of esters is 1. The SMILES string of the molecule is C#CC(=O)NCCOCCOCCC(=O)OC(C)(C)C. The Kier molecular flexibility index (Phi) is 9.43. The van der Waals surface area contributed by atoms with Crippen LogP contribution in [-0.2, 0) is 23.8 Å². The number of carbonyl (C=O) groups is 2. The second-order valence-electron chi connectivity index (χ2n) is 4.96. The van der Waals surface area contributed by atoms with Gasteiger partial charge in [-0.05, 0) is 26.7 Å². The molecule has 6 nitrogen and oxygen atoms in total. The van der Waals surface area contributed by atoms with Gasteiger partial charge in [-0.1, -0.05) is 0 Å². The fourth-order valence-corrected chi connectivity index (χ4v) is 1.16. The molecule has 20 heavy (non-hydrogen) atoms. The van der Waals surface area contributed by atoms with Crippen LogP contribution in [0.2, 0.25) is 0 Å². The molecular formula is C14H23NO5. The molecule has 0 atom stereocenters. The monoisotopic (exact) mass is 285 g/mol. The van der Waals surface area contributed by atoms with E-state index in [9.17, 15) is 9.59 Å². The van der Waals surface area contributed by atoms with E-state index in [0.717, 1.165) is 0 Å². The topological polar surface area (TPSA) is 73.9 Å². The Labute approximate surface area is 120 Å². The van der Waals surface area contributed by atoms with Crippen molar-refractivity contribution in [2.45, 2.75) is 32.8 Å². The first-order valence-corrected chi connectivity index (χ1v) is 6.47. The molecule has 1 N–H and O–H groups in total. The van der Waals surface area contributed by atoms with E-state index in [2.05, 4.69) is 5.32 Å². The Balaban J connectivity index is 3.31. The fourth-order valence-electron chi connectivity index (χ4n) is 1.16. The van der Waals surface area contributed by atoms with Gasteiger partial charge in [0.1, 0.15) is 5.60 Å². The Morgan fingerprint density at radius 1 is 1.10 bits per heavy atom. The number of hydrogen-bond acceptors (Lipinski definition) is 5. The molecule has 0 saturated carbocycles. The highest BCUT2D eigenvalue weighted by Gasteiger charge is 2.15. The first-order valence-electron chi connectivity index (χ1n) is 6.47. The predicted molar refractivity (Wildman–Crippen MR) is 73.9 cm³/mol. The molecule has 0 rings (SSSR count). The van der Waals surface area contributed by atoms with E-state index in [1.807, 2.05) is 26.7 Å². The standard InChI is InChI=1S/C14H23NO5/c1-5-12(16)15-7-9-19-11-10-18-8-6-13(17)20-14(2,3)4/h1H,6-11H2,2-4H3,(H,15,16). The summed E-state index contributed by atoms with van der Waals surface area (Å²) in [6.45, 7) is 7.25. The van der Waals surface area contributed by atoms with E-state index in [4.69, 9.17) is 20.6 Å². The first-order chi connectivity index (χ1) is 9.35. The van der Waals surface area contributed by atoms with Gasteiger partial charge in [0.2, 0.25) is 0 Å². The van der Waals surface area contributed by atoms with Crippen molar-refractivity contribution in [3.05, 3.63) is 0 Å². The number of terminal acetylenes is 1. The van der Waals surface area contributed by atoms with Gasteiger partial charge in [0.15, 0.2) is 0 Å². The van der Waals surface area contributed by atoms with Gasteiger partial charge < -0.3 is 19.5 Å². The third-order valence-electron chi connectivity index (χ3n) is 1.91. The number of rotatable bonds is 9. The average molecular weight is 285 g/mol. The number of ether oxygens (including phenoxy) is 3. The van der Waals surface area contributed by atoms with Crippen LogP contribution in [0.3, 0.4) is 0 Å². The zero-order chi connectivity index (χ0) is 15.4. The summed E-state index contributed by atoms with van der Waals surface area (Å²) in [6.07, 6.45) is 5.09. The maximum absolute atomic E-state index is 11.3. The van der Waals surface area contributed by atoms with Crippen molar-refractivity contribution in [3.8, 4) is 12.3 Å². The van der Waals surface area contributed by atoms with E-state index in [1.165, 1.54) is 0 Å². The number of hydrogen-bond donors (Lipinski definition) is 1.